The third-order valence-corrected chi connectivity index (χ3v) is 2.66. The number of halogens is 1. The highest BCUT2D eigenvalue weighted by molar-refractivity contribution is 6.32. The van der Waals surface area contributed by atoms with Crippen molar-refractivity contribution in [3.63, 3.8) is 0 Å². The quantitative estimate of drug-likeness (QED) is 0.388. The highest BCUT2D eigenvalue weighted by atomic mass is 35.5. The number of phenolic OH excluding ortho intramolecular Hbond substituents is 1. The van der Waals surface area contributed by atoms with E-state index in [9.17, 15) is 9.90 Å². The summed E-state index contributed by atoms with van der Waals surface area (Å²) in [5.41, 5.74) is 0.449. The minimum atomic E-state index is -0.653. The number of nitriles is 1. The molecule has 4 nitrogen and oxygen atoms in total. The van der Waals surface area contributed by atoms with Crippen LogP contribution in [0.2, 0.25) is 5.02 Å². The van der Waals surface area contributed by atoms with Gasteiger partial charge in [-0.05, 0) is 30.2 Å². The molecule has 0 spiro atoms. The molecule has 1 rings (SSSR count). The van der Waals surface area contributed by atoms with E-state index in [1.165, 1.54) is 18.2 Å². The van der Waals surface area contributed by atoms with Crippen molar-refractivity contribution in [1.82, 2.24) is 0 Å². The first-order valence-electron chi connectivity index (χ1n) is 5.86. The normalized spacial score (nSPS) is 10.9. The monoisotopic (exact) mass is 279 g/mol. The lowest BCUT2D eigenvalue weighted by Crippen LogP contribution is -2.07. The van der Waals surface area contributed by atoms with Crippen LogP contribution in [0.5, 0.6) is 5.75 Å². The smallest absolute Gasteiger partial charge is 0.348 e. The Balaban J connectivity index is 2.84. The molecule has 0 heterocycles. The number of hydrogen-bond donors (Lipinski definition) is 1. The molecule has 0 aliphatic carbocycles. The summed E-state index contributed by atoms with van der Waals surface area (Å²) < 4.78 is 4.95. The van der Waals surface area contributed by atoms with Crippen LogP contribution in [0.4, 0.5) is 0 Å². The summed E-state index contributed by atoms with van der Waals surface area (Å²) >= 11 is 5.74. The molecule has 19 heavy (non-hydrogen) atoms. The van der Waals surface area contributed by atoms with Crippen molar-refractivity contribution >= 4 is 23.6 Å². The Hall–Kier alpha value is -1.99. The Kier molecular flexibility index (Phi) is 5.91. The zero-order chi connectivity index (χ0) is 14.3. The van der Waals surface area contributed by atoms with E-state index >= 15 is 0 Å². The molecule has 0 aliphatic rings. The molecule has 0 amide bonds. The number of phenols is 1. The van der Waals surface area contributed by atoms with Crippen molar-refractivity contribution in [1.29, 1.82) is 5.26 Å². The van der Waals surface area contributed by atoms with Gasteiger partial charge in [0.05, 0.1) is 11.6 Å². The van der Waals surface area contributed by atoms with Gasteiger partial charge in [-0.2, -0.15) is 5.26 Å². The SMILES string of the molecule is CCCCOC(=O)C(C#N)=Cc1ccc(O)c(Cl)c1. The van der Waals surface area contributed by atoms with Crippen molar-refractivity contribution in [2.75, 3.05) is 6.61 Å². The van der Waals surface area contributed by atoms with Gasteiger partial charge in [-0.3, -0.25) is 0 Å². The van der Waals surface area contributed by atoms with Gasteiger partial charge in [0.15, 0.2) is 0 Å². The van der Waals surface area contributed by atoms with Crippen molar-refractivity contribution < 1.29 is 14.6 Å². The largest absolute Gasteiger partial charge is 0.506 e. The van der Waals surface area contributed by atoms with Crippen LogP contribution in [0, 0.1) is 11.3 Å². The predicted octanol–water partition coefficient (Wildman–Crippen LogP) is 3.30. The van der Waals surface area contributed by atoms with Crippen molar-refractivity contribution in [2.45, 2.75) is 19.8 Å². The second-order valence-electron chi connectivity index (χ2n) is 3.87. The minimum Gasteiger partial charge on any atom is -0.506 e. The Labute approximate surface area is 116 Å². The highest BCUT2D eigenvalue weighted by Crippen LogP contribution is 2.24. The van der Waals surface area contributed by atoms with Crippen LogP contribution < -0.4 is 0 Å². The molecular formula is C14H14ClNO3. The summed E-state index contributed by atoms with van der Waals surface area (Å²) in [5.74, 6) is -0.706. The van der Waals surface area contributed by atoms with Crippen molar-refractivity contribution in [3.05, 3.63) is 34.4 Å². The van der Waals surface area contributed by atoms with Gasteiger partial charge >= 0.3 is 5.97 Å². The molecule has 0 fully saturated rings. The molecule has 0 radical (unpaired) electrons. The fourth-order valence-corrected chi connectivity index (χ4v) is 1.49. The summed E-state index contributed by atoms with van der Waals surface area (Å²) in [5, 5.41) is 18.4. The molecule has 1 aromatic rings. The fraction of sp³-hybridized carbons (Fsp3) is 0.286. The van der Waals surface area contributed by atoms with Gasteiger partial charge in [-0.25, -0.2) is 4.79 Å². The molecule has 5 heteroatoms. The number of aromatic hydroxyl groups is 1. The lowest BCUT2D eigenvalue weighted by molar-refractivity contribution is -0.138. The first-order valence-corrected chi connectivity index (χ1v) is 6.23. The van der Waals surface area contributed by atoms with E-state index in [4.69, 9.17) is 21.6 Å². The molecule has 0 bridgehead atoms. The lowest BCUT2D eigenvalue weighted by atomic mass is 10.1. The van der Waals surface area contributed by atoms with Crippen LogP contribution in [0.15, 0.2) is 23.8 Å². The Morgan fingerprint density at radius 2 is 2.32 bits per heavy atom. The van der Waals surface area contributed by atoms with E-state index in [-0.39, 0.29) is 16.3 Å². The van der Waals surface area contributed by atoms with Crippen molar-refractivity contribution in [3.8, 4) is 11.8 Å². The number of ether oxygens (including phenoxy) is 1. The van der Waals surface area contributed by atoms with Crippen LogP contribution in [-0.2, 0) is 9.53 Å². The number of hydrogen-bond acceptors (Lipinski definition) is 4. The van der Waals surface area contributed by atoms with Gasteiger partial charge < -0.3 is 9.84 Å². The highest BCUT2D eigenvalue weighted by Gasteiger charge is 2.10. The van der Waals surface area contributed by atoms with Crippen LogP contribution in [0.25, 0.3) is 6.08 Å². The zero-order valence-electron chi connectivity index (χ0n) is 10.5. The number of carbonyl (C=O) groups excluding carboxylic acids is 1. The number of carbonyl (C=O) groups is 1. The molecule has 0 saturated heterocycles. The Bertz CT molecular complexity index is 532. The summed E-state index contributed by atoms with van der Waals surface area (Å²) in [7, 11) is 0. The summed E-state index contributed by atoms with van der Waals surface area (Å²) in [6, 6.07) is 6.21. The predicted molar refractivity (Wildman–Crippen MR) is 72.6 cm³/mol. The second-order valence-corrected chi connectivity index (χ2v) is 4.28. The van der Waals surface area contributed by atoms with Crippen LogP contribution in [-0.4, -0.2) is 17.7 Å². The summed E-state index contributed by atoms with van der Waals surface area (Å²) in [6.07, 6.45) is 3.04. The molecular weight excluding hydrogens is 266 g/mol. The minimum absolute atomic E-state index is 0.0529. The first-order chi connectivity index (χ1) is 9.08. The van der Waals surface area contributed by atoms with E-state index < -0.39 is 5.97 Å². The molecule has 100 valence electrons. The van der Waals surface area contributed by atoms with Gasteiger partial charge in [0, 0.05) is 0 Å². The van der Waals surface area contributed by atoms with E-state index in [1.54, 1.807) is 12.1 Å². The Morgan fingerprint density at radius 1 is 1.58 bits per heavy atom. The van der Waals surface area contributed by atoms with Crippen LogP contribution in [0.3, 0.4) is 0 Å². The average Bonchev–Trinajstić information content (AvgIpc) is 2.40. The third kappa shape index (κ3) is 4.65. The topological polar surface area (TPSA) is 70.3 Å². The van der Waals surface area contributed by atoms with E-state index in [0.29, 0.717) is 12.2 Å². The molecule has 0 atom stereocenters. The molecule has 0 aromatic heterocycles. The van der Waals surface area contributed by atoms with E-state index in [1.807, 2.05) is 6.92 Å². The fourth-order valence-electron chi connectivity index (χ4n) is 1.30. The van der Waals surface area contributed by atoms with Crippen LogP contribution in [0.1, 0.15) is 25.3 Å². The molecule has 0 saturated carbocycles. The van der Waals surface area contributed by atoms with Gasteiger partial charge in [0.25, 0.3) is 0 Å². The standard InChI is InChI=1S/C14H14ClNO3/c1-2-3-6-19-14(18)11(9-16)7-10-4-5-13(17)12(15)8-10/h4-5,7-8,17H,2-3,6H2,1H3. The second kappa shape index (κ2) is 7.45. The first kappa shape index (κ1) is 15.1. The number of esters is 1. The van der Waals surface area contributed by atoms with Gasteiger partial charge in [0.2, 0.25) is 0 Å². The third-order valence-electron chi connectivity index (χ3n) is 2.35. The number of rotatable bonds is 5. The van der Waals surface area contributed by atoms with Crippen molar-refractivity contribution in [2.24, 2.45) is 0 Å². The number of nitrogens with zero attached hydrogens (tertiary/aromatic N) is 1. The molecule has 0 unspecified atom stereocenters. The number of unbranched alkanes of at least 4 members (excludes halogenated alkanes) is 1. The zero-order valence-corrected chi connectivity index (χ0v) is 11.3. The molecule has 0 aliphatic heterocycles. The lowest BCUT2D eigenvalue weighted by Gasteiger charge is -2.03. The maximum atomic E-state index is 11.6. The van der Waals surface area contributed by atoms with Crippen LogP contribution >= 0.6 is 11.6 Å². The van der Waals surface area contributed by atoms with Gasteiger partial charge in [-0.1, -0.05) is 31.0 Å². The van der Waals surface area contributed by atoms with E-state index in [0.717, 1.165) is 12.8 Å². The maximum Gasteiger partial charge on any atom is 0.348 e. The average molecular weight is 280 g/mol. The van der Waals surface area contributed by atoms with Gasteiger partial charge in [-0.15, -0.1) is 0 Å². The number of benzene rings is 1. The summed E-state index contributed by atoms with van der Waals surface area (Å²) in [6.45, 7) is 2.28. The maximum absolute atomic E-state index is 11.6. The summed E-state index contributed by atoms with van der Waals surface area (Å²) in [4.78, 5) is 11.6. The van der Waals surface area contributed by atoms with Gasteiger partial charge in [0.1, 0.15) is 17.4 Å². The molecule has 1 N–H and O–H groups in total. The molecule has 1 aromatic carbocycles. The van der Waals surface area contributed by atoms with E-state index in [2.05, 4.69) is 0 Å². The Morgan fingerprint density at radius 3 is 2.89 bits per heavy atom.